The summed E-state index contributed by atoms with van der Waals surface area (Å²) in [6.07, 6.45) is 1.51. The molecule has 2 amide bonds. The van der Waals surface area contributed by atoms with Gasteiger partial charge in [-0.3, -0.25) is 0 Å². The zero-order chi connectivity index (χ0) is 15.8. The van der Waals surface area contributed by atoms with Gasteiger partial charge in [-0.2, -0.15) is 0 Å². The monoisotopic (exact) mass is 298 g/mol. The predicted molar refractivity (Wildman–Crippen MR) is 88.1 cm³/mol. The fraction of sp³-hybridized carbons (Fsp3) is 0.278. The number of hydrogen-bond acceptors (Lipinski definition) is 2. The number of phenolic OH excluding ortho intramolecular Hbond substituents is 1. The van der Waals surface area contributed by atoms with Crippen LogP contribution in [0.1, 0.15) is 16.7 Å². The molecule has 4 heteroatoms. The lowest BCUT2D eigenvalue weighted by Gasteiger charge is -2.08. The maximum atomic E-state index is 11.7. The van der Waals surface area contributed by atoms with Crippen LogP contribution < -0.4 is 10.6 Å². The smallest absolute Gasteiger partial charge is 0.314 e. The molecule has 116 valence electrons. The Labute approximate surface area is 131 Å². The molecule has 0 atom stereocenters. The zero-order valence-corrected chi connectivity index (χ0v) is 12.8. The Balaban J connectivity index is 1.62. The van der Waals surface area contributed by atoms with Crippen LogP contribution in [0.5, 0.6) is 5.75 Å². The van der Waals surface area contributed by atoms with E-state index in [4.69, 9.17) is 0 Å². The van der Waals surface area contributed by atoms with Gasteiger partial charge in [-0.1, -0.05) is 42.0 Å². The van der Waals surface area contributed by atoms with Gasteiger partial charge in [-0.15, -0.1) is 0 Å². The van der Waals surface area contributed by atoms with Gasteiger partial charge in [0.25, 0.3) is 0 Å². The molecule has 0 saturated heterocycles. The van der Waals surface area contributed by atoms with Crippen molar-refractivity contribution in [2.75, 3.05) is 13.1 Å². The molecule has 0 bridgehead atoms. The Hall–Kier alpha value is -2.49. The average Bonchev–Trinajstić information content (AvgIpc) is 2.49. The molecule has 0 aliphatic heterocycles. The van der Waals surface area contributed by atoms with E-state index >= 15 is 0 Å². The second-order valence-corrected chi connectivity index (χ2v) is 5.34. The van der Waals surface area contributed by atoms with Gasteiger partial charge in [0.05, 0.1) is 0 Å². The van der Waals surface area contributed by atoms with Crippen LogP contribution in [0.3, 0.4) is 0 Å². The summed E-state index contributed by atoms with van der Waals surface area (Å²) in [5, 5.41) is 15.0. The minimum absolute atomic E-state index is 0.160. The van der Waals surface area contributed by atoms with Gasteiger partial charge in [0, 0.05) is 13.1 Å². The topological polar surface area (TPSA) is 61.4 Å². The minimum Gasteiger partial charge on any atom is -0.508 e. The van der Waals surface area contributed by atoms with Crippen LogP contribution in [0.4, 0.5) is 4.79 Å². The minimum atomic E-state index is -0.160. The number of carbonyl (C=O) groups is 1. The first kappa shape index (κ1) is 15.9. The predicted octanol–water partition coefficient (Wildman–Crippen LogP) is 2.79. The summed E-state index contributed by atoms with van der Waals surface area (Å²) in [5.41, 5.74) is 3.45. The molecule has 22 heavy (non-hydrogen) atoms. The van der Waals surface area contributed by atoms with E-state index in [1.165, 1.54) is 11.1 Å². The molecule has 2 aromatic rings. The Kier molecular flexibility index (Phi) is 5.83. The summed E-state index contributed by atoms with van der Waals surface area (Å²) in [6, 6.07) is 15.2. The van der Waals surface area contributed by atoms with Gasteiger partial charge in [-0.05, 0) is 43.0 Å². The highest BCUT2D eigenvalue weighted by Gasteiger charge is 2.00. The van der Waals surface area contributed by atoms with Crippen LogP contribution in [0.15, 0.2) is 48.5 Å². The molecule has 0 saturated carbocycles. The van der Waals surface area contributed by atoms with Gasteiger partial charge < -0.3 is 15.7 Å². The van der Waals surface area contributed by atoms with Crippen molar-refractivity contribution in [3.63, 3.8) is 0 Å². The number of urea groups is 1. The number of aryl methyl sites for hydroxylation is 1. The molecule has 4 nitrogen and oxygen atoms in total. The lowest BCUT2D eigenvalue weighted by molar-refractivity contribution is 0.241. The van der Waals surface area contributed by atoms with Gasteiger partial charge in [0.15, 0.2) is 0 Å². The summed E-state index contributed by atoms with van der Waals surface area (Å²) in [5.74, 6) is 0.250. The zero-order valence-electron chi connectivity index (χ0n) is 12.8. The van der Waals surface area contributed by atoms with Crippen molar-refractivity contribution in [1.29, 1.82) is 0 Å². The van der Waals surface area contributed by atoms with E-state index in [-0.39, 0.29) is 11.8 Å². The second kappa shape index (κ2) is 8.08. The van der Waals surface area contributed by atoms with Gasteiger partial charge in [0.2, 0.25) is 0 Å². The number of nitrogens with one attached hydrogen (secondary N) is 2. The van der Waals surface area contributed by atoms with Crippen LogP contribution in [-0.2, 0) is 12.8 Å². The molecule has 0 fully saturated rings. The van der Waals surface area contributed by atoms with Crippen molar-refractivity contribution < 1.29 is 9.90 Å². The third kappa shape index (κ3) is 5.48. The van der Waals surface area contributed by atoms with Crippen molar-refractivity contribution in [1.82, 2.24) is 10.6 Å². The average molecular weight is 298 g/mol. The van der Waals surface area contributed by atoms with Crippen molar-refractivity contribution >= 4 is 6.03 Å². The van der Waals surface area contributed by atoms with Crippen molar-refractivity contribution in [3.8, 4) is 5.75 Å². The van der Waals surface area contributed by atoms with Crippen molar-refractivity contribution in [3.05, 3.63) is 65.2 Å². The normalized spacial score (nSPS) is 10.2. The molecular formula is C18H22N2O2. The standard InChI is InChI=1S/C18H22N2O2/c1-14-5-7-15(8-6-14)9-11-19-18(22)20-12-10-16-3-2-4-17(21)13-16/h2-8,13,21H,9-12H2,1H3,(H2,19,20,22). The van der Waals surface area contributed by atoms with Crippen LogP contribution in [-0.4, -0.2) is 24.2 Å². The number of rotatable bonds is 6. The highest BCUT2D eigenvalue weighted by molar-refractivity contribution is 5.73. The van der Waals surface area contributed by atoms with E-state index < -0.39 is 0 Å². The largest absolute Gasteiger partial charge is 0.508 e. The Morgan fingerprint density at radius 3 is 2.23 bits per heavy atom. The third-order valence-corrected chi connectivity index (χ3v) is 3.43. The highest BCUT2D eigenvalue weighted by atomic mass is 16.3. The summed E-state index contributed by atoms with van der Waals surface area (Å²) < 4.78 is 0. The number of hydrogen-bond donors (Lipinski definition) is 3. The van der Waals surface area contributed by atoms with E-state index in [0.717, 1.165) is 12.0 Å². The molecule has 0 aliphatic rings. The highest BCUT2D eigenvalue weighted by Crippen LogP contribution is 2.10. The molecule has 0 spiro atoms. The van der Waals surface area contributed by atoms with E-state index in [2.05, 4.69) is 41.8 Å². The molecule has 0 aliphatic carbocycles. The third-order valence-electron chi connectivity index (χ3n) is 3.43. The SMILES string of the molecule is Cc1ccc(CCNC(=O)NCCc2cccc(O)c2)cc1. The van der Waals surface area contributed by atoms with Gasteiger partial charge >= 0.3 is 6.03 Å². The Morgan fingerprint density at radius 2 is 1.59 bits per heavy atom. The van der Waals surface area contributed by atoms with Gasteiger partial charge in [-0.25, -0.2) is 4.79 Å². The fourth-order valence-corrected chi connectivity index (χ4v) is 2.17. The van der Waals surface area contributed by atoms with E-state index in [1.54, 1.807) is 18.2 Å². The van der Waals surface area contributed by atoms with Crippen LogP contribution in [0.2, 0.25) is 0 Å². The molecule has 0 unspecified atom stereocenters. The number of phenols is 1. The first-order valence-corrected chi connectivity index (χ1v) is 7.48. The lowest BCUT2D eigenvalue weighted by atomic mass is 10.1. The molecule has 0 aromatic heterocycles. The number of benzene rings is 2. The molecule has 0 heterocycles. The maximum absolute atomic E-state index is 11.7. The van der Waals surface area contributed by atoms with Crippen molar-refractivity contribution in [2.45, 2.75) is 19.8 Å². The summed E-state index contributed by atoms with van der Waals surface area (Å²) >= 11 is 0. The molecule has 3 N–H and O–H groups in total. The first-order valence-electron chi connectivity index (χ1n) is 7.48. The van der Waals surface area contributed by atoms with Crippen LogP contribution >= 0.6 is 0 Å². The van der Waals surface area contributed by atoms with Crippen LogP contribution in [0.25, 0.3) is 0 Å². The Bertz CT molecular complexity index is 609. The van der Waals surface area contributed by atoms with E-state index in [9.17, 15) is 9.90 Å². The molecular weight excluding hydrogens is 276 g/mol. The quantitative estimate of drug-likeness (QED) is 0.768. The van der Waals surface area contributed by atoms with E-state index in [1.807, 2.05) is 6.07 Å². The summed E-state index contributed by atoms with van der Waals surface area (Å²) in [7, 11) is 0. The molecule has 2 rings (SSSR count). The molecule has 0 radical (unpaired) electrons. The molecule has 2 aromatic carbocycles. The van der Waals surface area contributed by atoms with Gasteiger partial charge in [0.1, 0.15) is 5.75 Å². The fourth-order valence-electron chi connectivity index (χ4n) is 2.17. The lowest BCUT2D eigenvalue weighted by Crippen LogP contribution is -2.37. The number of aromatic hydroxyl groups is 1. The second-order valence-electron chi connectivity index (χ2n) is 5.34. The van der Waals surface area contributed by atoms with Crippen molar-refractivity contribution in [2.24, 2.45) is 0 Å². The van der Waals surface area contributed by atoms with Crippen LogP contribution in [0, 0.1) is 6.92 Å². The maximum Gasteiger partial charge on any atom is 0.314 e. The summed E-state index contributed by atoms with van der Waals surface area (Å²) in [6.45, 7) is 3.21. The van der Waals surface area contributed by atoms with E-state index in [0.29, 0.717) is 19.5 Å². The Morgan fingerprint density at radius 1 is 0.955 bits per heavy atom. The summed E-state index contributed by atoms with van der Waals surface area (Å²) in [4.78, 5) is 11.7. The first-order chi connectivity index (χ1) is 10.6. The number of carbonyl (C=O) groups excluding carboxylic acids is 1. The number of amides is 2.